The van der Waals surface area contributed by atoms with Crippen molar-refractivity contribution in [1.82, 2.24) is 14.3 Å². The first-order valence-electron chi connectivity index (χ1n) is 8.97. The van der Waals surface area contributed by atoms with Gasteiger partial charge < -0.3 is 18.9 Å². The molecular formula is C21H24N4O3. The van der Waals surface area contributed by atoms with Crippen LogP contribution in [0.1, 0.15) is 21.7 Å². The van der Waals surface area contributed by atoms with Crippen molar-refractivity contribution in [1.29, 1.82) is 0 Å². The molecule has 0 atom stereocenters. The zero-order chi connectivity index (χ0) is 20.3. The van der Waals surface area contributed by atoms with Crippen molar-refractivity contribution in [3.63, 3.8) is 0 Å². The quantitative estimate of drug-likeness (QED) is 0.615. The maximum Gasteiger partial charge on any atom is 0.359 e. The number of esters is 1. The van der Waals surface area contributed by atoms with Crippen LogP contribution >= 0.6 is 0 Å². The molecule has 3 aromatic rings. The Balaban J connectivity index is 1.56. The molecule has 28 heavy (non-hydrogen) atoms. The van der Waals surface area contributed by atoms with E-state index in [0.29, 0.717) is 12.2 Å². The Hall–Kier alpha value is -3.35. The van der Waals surface area contributed by atoms with Crippen molar-refractivity contribution in [2.75, 3.05) is 32.6 Å². The molecule has 0 spiro atoms. The van der Waals surface area contributed by atoms with Crippen LogP contribution in [0, 0.1) is 6.92 Å². The van der Waals surface area contributed by atoms with Crippen molar-refractivity contribution >= 4 is 23.2 Å². The minimum absolute atomic E-state index is 0.184. The van der Waals surface area contributed by atoms with Crippen LogP contribution in [0.4, 0.5) is 5.69 Å². The van der Waals surface area contributed by atoms with Crippen LogP contribution in [0.3, 0.4) is 0 Å². The van der Waals surface area contributed by atoms with E-state index in [2.05, 4.69) is 4.98 Å². The highest BCUT2D eigenvalue weighted by atomic mass is 16.5. The fourth-order valence-corrected chi connectivity index (χ4v) is 2.82. The number of carbonyl (C=O) groups is 2. The standard InChI is InChI=1S/C21H24N4O3/c1-15-6-5-7-19-22-18(13-25(15)19)21(27)28-14-20(26)24(4)12-16-8-10-17(11-9-16)23(2)3/h5-11,13H,12,14H2,1-4H3. The number of anilines is 1. The van der Waals surface area contributed by atoms with Crippen LogP contribution in [0.2, 0.25) is 0 Å². The van der Waals surface area contributed by atoms with E-state index in [1.54, 1.807) is 13.2 Å². The highest BCUT2D eigenvalue weighted by Gasteiger charge is 2.17. The molecule has 7 heteroatoms. The molecule has 0 radical (unpaired) electrons. The predicted molar refractivity (Wildman–Crippen MR) is 107 cm³/mol. The summed E-state index contributed by atoms with van der Waals surface area (Å²) < 4.78 is 6.96. The second-order valence-electron chi connectivity index (χ2n) is 6.91. The van der Waals surface area contributed by atoms with Crippen molar-refractivity contribution in [2.45, 2.75) is 13.5 Å². The lowest BCUT2D eigenvalue weighted by Crippen LogP contribution is -2.30. The third kappa shape index (κ3) is 4.31. The first-order chi connectivity index (χ1) is 13.3. The number of aromatic nitrogens is 2. The summed E-state index contributed by atoms with van der Waals surface area (Å²) >= 11 is 0. The van der Waals surface area contributed by atoms with E-state index in [1.165, 1.54) is 4.90 Å². The summed E-state index contributed by atoms with van der Waals surface area (Å²) in [6, 6.07) is 13.6. The number of carbonyl (C=O) groups excluding carboxylic acids is 2. The lowest BCUT2D eigenvalue weighted by molar-refractivity contribution is -0.133. The Morgan fingerprint density at radius 1 is 1.07 bits per heavy atom. The van der Waals surface area contributed by atoms with Crippen LogP contribution in [0.5, 0.6) is 0 Å². The Labute approximate surface area is 164 Å². The maximum absolute atomic E-state index is 12.3. The Morgan fingerprint density at radius 3 is 2.43 bits per heavy atom. The fourth-order valence-electron chi connectivity index (χ4n) is 2.82. The molecule has 0 fully saturated rings. The SMILES string of the molecule is Cc1cccc2nc(C(=O)OCC(=O)N(C)Cc3ccc(N(C)C)cc3)cn12. The van der Waals surface area contributed by atoms with Crippen LogP contribution < -0.4 is 4.90 Å². The highest BCUT2D eigenvalue weighted by molar-refractivity contribution is 5.90. The van der Waals surface area contributed by atoms with Crippen LogP contribution in [0.25, 0.3) is 5.65 Å². The van der Waals surface area contributed by atoms with Gasteiger partial charge in [-0.2, -0.15) is 0 Å². The average molecular weight is 380 g/mol. The number of likely N-dealkylation sites (N-methyl/N-ethyl adjacent to an activating group) is 1. The van der Waals surface area contributed by atoms with Gasteiger partial charge in [0.25, 0.3) is 5.91 Å². The fraction of sp³-hybridized carbons (Fsp3) is 0.286. The molecule has 2 aromatic heterocycles. The molecule has 0 aliphatic heterocycles. The average Bonchev–Trinajstić information content (AvgIpc) is 3.12. The molecule has 146 valence electrons. The molecule has 0 saturated heterocycles. The monoisotopic (exact) mass is 380 g/mol. The first-order valence-corrected chi connectivity index (χ1v) is 8.97. The third-order valence-electron chi connectivity index (χ3n) is 4.53. The smallest absolute Gasteiger partial charge is 0.359 e. The number of aryl methyl sites for hydroxylation is 1. The van der Waals surface area contributed by atoms with Gasteiger partial charge in [-0.05, 0) is 36.8 Å². The number of hydrogen-bond donors (Lipinski definition) is 0. The molecule has 1 aromatic carbocycles. The van der Waals surface area contributed by atoms with E-state index >= 15 is 0 Å². The molecule has 2 heterocycles. The number of nitrogens with zero attached hydrogens (tertiary/aromatic N) is 4. The minimum atomic E-state index is -0.611. The number of ether oxygens (including phenoxy) is 1. The van der Waals surface area contributed by atoms with Crippen molar-refractivity contribution in [3.8, 4) is 0 Å². The van der Waals surface area contributed by atoms with Gasteiger partial charge in [-0.3, -0.25) is 4.79 Å². The first kappa shape index (κ1) is 19.4. The second-order valence-corrected chi connectivity index (χ2v) is 6.91. The van der Waals surface area contributed by atoms with Crippen molar-refractivity contribution < 1.29 is 14.3 Å². The summed E-state index contributed by atoms with van der Waals surface area (Å²) in [5, 5.41) is 0. The largest absolute Gasteiger partial charge is 0.451 e. The summed E-state index contributed by atoms with van der Waals surface area (Å²) in [7, 11) is 5.64. The van der Waals surface area contributed by atoms with Crippen LogP contribution in [-0.4, -0.2) is 53.9 Å². The van der Waals surface area contributed by atoms with Gasteiger partial charge in [0, 0.05) is 45.3 Å². The number of rotatable bonds is 6. The maximum atomic E-state index is 12.3. The minimum Gasteiger partial charge on any atom is -0.451 e. The van der Waals surface area contributed by atoms with E-state index in [4.69, 9.17) is 4.74 Å². The number of imidazole rings is 1. The second kappa shape index (κ2) is 8.12. The highest BCUT2D eigenvalue weighted by Crippen LogP contribution is 2.14. The van der Waals surface area contributed by atoms with Gasteiger partial charge in [0.1, 0.15) is 5.65 Å². The summed E-state index contributed by atoms with van der Waals surface area (Å²) in [5.74, 6) is -0.884. The number of pyridine rings is 1. The summed E-state index contributed by atoms with van der Waals surface area (Å²) in [6.07, 6.45) is 1.62. The molecule has 0 aliphatic carbocycles. The van der Waals surface area contributed by atoms with Crippen LogP contribution in [0.15, 0.2) is 48.7 Å². The molecule has 0 unspecified atom stereocenters. The van der Waals surface area contributed by atoms with Gasteiger partial charge in [-0.15, -0.1) is 0 Å². The topological polar surface area (TPSA) is 67.2 Å². The zero-order valence-corrected chi connectivity index (χ0v) is 16.5. The lowest BCUT2D eigenvalue weighted by Gasteiger charge is -2.18. The normalized spacial score (nSPS) is 10.7. The Morgan fingerprint density at radius 2 is 1.79 bits per heavy atom. The third-order valence-corrected chi connectivity index (χ3v) is 4.53. The number of amides is 1. The Bertz CT molecular complexity index is 993. The van der Waals surface area contributed by atoms with Gasteiger partial charge in [-0.1, -0.05) is 18.2 Å². The number of benzene rings is 1. The number of hydrogen-bond acceptors (Lipinski definition) is 5. The van der Waals surface area contributed by atoms with Gasteiger partial charge in [-0.25, -0.2) is 9.78 Å². The summed E-state index contributed by atoms with van der Waals surface area (Å²) in [6.45, 7) is 2.04. The van der Waals surface area contributed by atoms with Gasteiger partial charge in [0.05, 0.1) is 0 Å². The molecule has 0 bridgehead atoms. The molecule has 1 amide bonds. The van der Waals surface area contributed by atoms with Crippen LogP contribution in [-0.2, 0) is 16.1 Å². The Kier molecular flexibility index (Phi) is 5.63. The van der Waals surface area contributed by atoms with E-state index < -0.39 is 5.97 Å². The lowest BCUT2D eigenvalue weighted by atomic mass is 10.2. The molecular weight excluding hydrogens is 356 g/mol. The molecule has 7 nitrogen and oxygen atoms in total. The van der Waals surface area contributed by atoms with E-state index in [0.717, 1.165) is 16.9 Å². The van der Waals surface area contributed by atoms with Gasteiger partial charge >= 0.3 is 5.97 Å². The van der Waals surface area contributed by atoms with E-state index in [9.17, 15) is 9.59 Å². The molecule has 0 aliphatic rings. The molecule has 3 rings (SSSR count). The summed E-state index contributed by atoms with van der Waals surface area (Å²) in [5.41, 5.74) is 3.90. The zero-order valence-electron chi connectivity index (χ0n) is 16.5. The van der Waals surface area contributed by atoms with Crippen molar-refractivity contribution in [3.05, 3.63) is 65.6 Å². The van der Waals surface area contributed by atoms with Crippen molar-refractivity contribution in [2.24, 2.45) is 0 Å². The number of fused-ring (bicyclic) bond motifs is 1. The predicted octanol–water partition coefficient (Wildman–Crippen LogP) is 2.52. The summed E-state index contributed by atoms with van der Waals surface area (Å²) in [4.78, 5) is 32.3. The molecule has 0 N–H and O–H groups in total. The van der Waals surface area contributed by atoms with Gasteiger partial charge in [0.2, 0.25) is 0 Å². The van der Waals surface area contributed by atoms with E-state index in [-0.39, 0.29) is 18.2 Å². The van der Waals surface area contributed by atoms with E-state index in [1.807, 2.05) is 72.8 Å². The molecule has 0 saturated carbocycles. The van der Waals surface area contributed by atoms with Gasteiger partial charge in [0.15, 0.2) is 12.3 Å².